The van der Waals surface area contributed by atoms with Gasteiger partial charge in [-0.05, 0) is 73.8 Å². The molecule has 1 aromatic heterocycles. The molecule has 0 spiro atoms. The van der Waals surface area contributed by atoms with E-state index in [2.05, 4.69) is 65.4 Å². The van der Waals surface area contributed by atoms with Crippen LogP contribution in [0.2, 0.25) is 0 Å². The topological polar surface area (TPSA) is 80.5 Å². The van der Waals surface area contributed by atoms with Gasteiger partial charge in [-0.25, -0.2) is 0 Å². The Morgan fingerprint density at radius 3 is 2.67 bits per heavy atom. The number of aromatic nitrogens is 2. The third-order valence-corrected chi connectivity index (χ3v) is 6.88. The van der Waals surface area contributed by atoms with E-state index in [1.54, 1.807) is 7.05 Å². The van der Waals surface area contributed by atoms with Crippen LogP contribution in [0.1, 0.15) is 68.8 Å². The van der Waals surface area contributed by atoms with Crippen molar-refractivity contribution >= 4 is 17.5 Å². The molecule has 0 saturated carbocycles. The number of anilines is 1. The number of piperidine rings is 1. The quantitative estimate of drug-likeness (QED) is 0.654. The van der Waals surface area contributed by atoms with Gasteiger partial charge in [0.15, 0.2) is 5.82 Å². The number of nitrogens with zero attached hydrogens (tertiary/aromatic N) is 3. The summed E-state index contributed by atoms with van der Waals surface area (Å²) < 4.78 is 11.7. The summed E-state index contributed by atoms with van der Waals surface area (Å²) >= 11 is 0. The number of nitrogens with one attached hydrogen (secondary N) is 1. The Morgan fingerprint density at radius 2 is 2.06 bits per heavy atom. The standard InChI is InChI=1S/C26H36N4O3/c1-17(2)24-28-26(33-29-24)30-13-11-19(12-14-30)16-32-23-10-9-22(15-18(23)3)20-5-7-21(8-6-20)25(31)27-4/h5,9-10,15,17,19,21H,6-8,11-14,16H2,1-4H3,(H,27,31). The minimum absolute atomic E-state index is 0.103. The maximum Gasteiger partial charge on any atom is 0.324 e. The third kappa shape index (κ3) is 5.57. The molecule has 1 unspecified atom stereocenters. The average Bonchev–Trinajstić information content (AvgIpc) is 3.34. The van der Waals surface area contributed by atoms with Crippen molar-refractivity contribution in [3.8, 4) is 5.75 Å². The number of benzene rings is 1. The second-order valence-electron chi connectivity index (χ2n) is 9.63. The fourth-order valence-corrected chi connectivity index (χ4v) is 4.64. The van der Waals surface area contributed by atoms with Gasteiger partial charge < -0.3 is 19.5 Å². The van der Waals surface area contributed by atoms with Gasteiger partial charge in [-0.3, -0.25) is 4.79 Å². The average molecular weight is 453 g/mol. The smallest absolute Gasteiger partial charge is 0.324 e. The lowest BCUT2D eigenvalue weighted by Gasteiger charge is -2.30. The molecule has 7 heteroatoms. The van der Waals surface area contributed by atoms with Gasteiger partial charge in [0.1, 0.15) is 5.75 Å². The van der Waals surface area contributed by atoms with Crippen LogP contribution in [0, 0.1) is 18.8 Å². The highest BCUT2D eigenvalue weighted by molar-refractivity contribution is 5.80. The molecule has 1 aliphatic heterocycles. The number of amides is 1. The molecule has 2 heterocycles. The maximum atomic E-state index is 11.9. The van der Waals surface area contributed by atoms with Crippen molar-refractivity contribution in [2.24, 2.45) is 11.8 Å². The van der Waals surface area contributed by atoms with Crippen LogP contribution in [-0.2, 0) is 4.79 Å². The van der Waals surface area contributed by atoms with E-state index in [1.165, 1.54) is 11.1 Å². The highest BCUT2D eigenvalue weighted by Gasteiger charge is 2.25. The number of carbonyl (C=O) groups excluding carboxylic acids is 1. The molecule has 4 rings (SSSR count). The Morgan fingerprint density at radius 1 is 1.27 bits per heavy atom. The molecule has 7 nitrogen and oxygen atoms in total. The molecule has 1 aliphatic carbocycles. The van der Waals surface area contributed by atoms with E-state index in [-0.39, 0.29) is 17.7 Å². The lowest BCUT2D eigenvalue weighted by atomic mass is 9.86. The van der Waals surface area contributed by atoms with Gasteiger partial charge in [0, 0.05) is 32.0 Å². The van der Waals surface area contributed by atoms with Crippen molar-refractivity contribution in [3.63, 3.8) is 0 Å². The van der Waals surface area contributed by atoms with E-state index in [0.717, 1.165) is 68.9 Å². The van der Waals surface area contributed by atoms with Crippen LogP contribution >= 0.6 is 0 Å². The molecule has 2 aliphatic rings. The zero-order valence-electron chi connectivity index (χ0n) is 20.3. The summed E-state index contributed by atoms with van der Waals surface area (Å²) in [6.45, 7) is 8.81. The van der Waals surface area contributed by atoms with Gasteiger partial charge in [0.05, 0.1) is 6.61 Å². The number of rotatable bonds is 7. The zero-order valence-corrected chi connectivity index (χ0v) is 20.3. The fraction of sp³-hybridized carbons (Fsp3) is 0.577. The first-order valence-electron chi connectivity index (χ1n) is 12.2. The Bertz CT molecular complexity index is 989. The van der Waals surface area contributed by atoms with Crippen LogP contribution in [0.25, 0.3) is 5.57 Å². The van der Waals surface area contributed by atoms with Crippen LogP contribution in [0.15, 0.2) is 28.8 Å². The Hall–Kier alpha value is -2.83. The van der Waals surface area contributed by atoms with Crippen LogP contribution in [0.4, 0.5) is 6.01 Å². The molecule has 0 bridgehead atoms. The summed E-state index contributed by atoms with van der Waals surface area (Å²) in [7, 11) is 1.71. The fourth-order valence-electron chi connectivity index (χ4n) is 4.64. The minimum Gasteiger partial charge on any atom is -0.493 e. The van der Waals surface area contributed by atoms with E-state index in [1.807, 2.05) is 0 Å². The van der Waals surface area contributed by atoms with E-state index in [4.69, 9.17) is 9.26 Å². The lowest BCUT2D eigenvalue weighted by Crippen LogP contribution is -2.35. The van der Waals surface area contributed by atoms with E-state index in [0.29, 0.717) is 11.9 Å². The molecule has 1 aromatic carbocycles. The van der Waals surface area contributed by atoms with Gasteiger partial charge in [0.2, 0.25) is 5.91 Å². The van der Waals surface area contributed by atoms with Crippen molar-refractivity contribution in [1.82, 2.24) is 15.5 Å². The van der Waals surface area contributed by atoms with Gasteiger partial charge in [-0.2, -0.15) is 4.98 Å². The van der Waals surface area contributed by atoms with E-state index >= 15 is 0 Å². The van der Waals surface area contributed by atoms with Crippen molar-refractivity contribution < 1.29 is 14.1 Å². The molecule has 1 atom stereocenters. The first-order chi connectivity index (χ1) is 15.9. The Balaban J connectivity index is 1.27. The van der Waals surface area contributed by atoms with Crippen LogP contribution in [0.3, 0.4) is 0 Å². The highest BCUT2D eigenvalue weighted by Crippen LogP contribution is 2.33. The van der Waals surface area contributed by atoms with Crippen molar-refractivity contribution in [2.45, 2.75) is 58.8 Å². The van der Waals surface area contributed by atoms with Gasteiger partial charge in [-0.1, -0.05) is 31.1 Å². The summed E-state index contributed by atoms with van der Waals surface area (Å²) in [6, 6.07) is 7.10. The number of ether oxygens (including phenoxy) is 1. The molecular formula is C26H36N4O3. The number of hydrogen-bond acceptors (Lipinski definition) is 6. The number of allylic oxidation sites excluding steroid dienone is 2. The van der Waals surface area contributed by atoms with Crippen LogP contribution < -0.4 is 15.0 Å². The van der Waals surface area contributed by atoms with Crippen LogP contribution in [0.5, 0.6) is 5.75 Å². The molecule has 2 aromatic rings. The second-order valence-corrected chi connectivity index (χ2v) is 9.63. The predicted octanol–water partition coefficient (Wildman–Crippen LogP) is 4.73. The molecular weight excluding hydrogens is 416 g/mol. The summed E-state index contributed by atoms with van der Waals surface area (Å²) in [4.78, 5) is 18.6. The molecule has 1 amide bonds. The van der Waals surface area contributed by atoms with Gasteiger partial charge >= 0.3 is 6.01 Å². The first-order valence-corrected chi connectivity index (χ1v) is 12.2. The third-order valence-electron chi connectivity index (χ3n) is 6.88. The minimum atomic E-state index is 0.103. The summed E-state index contributed by atoms with van der Waals surface area (Å²) in [5, 5.41) is 6.84. The maximum absolute atomic E-state index is 11.9. The normalized spacial score (nSPS) is 19.5. The largest absolute Gasteiger partial charge is 0.493 e. The molecule has 1 N–H and O–H groups in total. The molecule has 0 radical (unpaired) electrons. The summed E-state index contributed by atoms with van der Waals surface area (Å²) in [5.74, 6) is 2.77. The Kier molecular flexibility index (Phi) is 7.36. The van der Waals surface area contributed by atoms with E-state index < -0.39 is 0 Å². The molecule has 33 heavy (non-hydrogen) atoms. The second kappa shape index (κ2) is 10.4. The summed E-state index contributed by atoms with van der Waals surface area (Å²) in [6.07, 6.45) is 6.98. The number of aryl methyl sites for hydroxylation is 1. The molecule has 1 saturated heterocycles. The monoisotopic (exact) mass is 452 g/mol. The zero-order chi connectivity index (χ0) is 23.4. The number of hydrogen-bond donors (Lipinski definition) is 1. The highest BCUT2D eigenvalue weighted by atomic mass is 16.5. The first kappa shape index (κ1) is 23.3. The molecule has 1 fully saturated rings. The lowest BCUT2D eigenvalue weighted by molar-refractivity contribution is -0.124. The van der Waals surface area contributed by atoms with Crippen LogP contribution in [-0.4, -0.2) is 42.8 Å². The number of carbonyl (C=O) groups is 1. The molecule has 178 valence electrons. The predicted molar refractivity (Wildman–Crippen MR) is 129 cm³/mol. The van der Waals surface area contributed by atoms with Gasteiger partial charge in [0.25, 0.3) is 0 Å². The van der Waals surface area contributed by atoms with Gasteiger partial charge in [-0.15, -0.1) is 0 Å². The Labute approximate surface area is 196 Å². The van der Waals surface area contributed by atoms with Crippen molar-refractivity contribution in [2.75, 3.05) is 31.6 Å². The van der Waals surface area contributed by atoms with Crippen molar-refractivity contribution in [1.29, 1.82) is 0 Å². The van der Waals surface area contributed by atoms with Crippen molar-refractivity contribution in [3.05, 3.63) is 41.2 Å². The van der Waals surface area contributed by atoms with E-state index in [9.17, 15) is 4.79 Å². The SMILES string of the molecule is CNC(=O)C1CC=C(c2ccc(OCC3CCN(c4nc(C(C)C)no4)CC3)c(C)c2)CC1. The summed E-state index contributed by atoms with van der Waals surface area (Å²) in [5.41, 5.74) is 3.73.